The Hall–Kier alpha value is -1.93. The van der Waals surface area contributed by atoms with E-state index in [1.54, 1.807) is 0 Å². The van der Waals surface area contributed by atoms with Gasteiger partial charge in [0.25, 0.3) is 5.56 Å². The van der Waals surface area contributed by atoms with Gasteiger partial charge in [-0.25, -0.2) is 4.98 Å². The van der Waals surface area contributed by atoms with Crippen LogP contribution in [0, 0.1) is 5.92 Å². The summed E-state index contributed by atoms with van der Waals surface area (Å²) >= 11 is 0. The van der Waals surface area contributed by atoms with Gasteiger partial charge in [0.2, 0.25) is 11.9 Å². The molecule has 152 valence electrons. The number of fused-ring (bicyclic) bond motifs is 2. The molecule has 2 N–H and O–H groups in total. The minimum atomic E-state index is -0.304. The Morgan fingerprint density at radius 3 is 2.54 bits per heavy atom. The van der Waals surface area contributed by atoms with Gasteiger partial charge in [0, 0.05) is 43.1 Å². The lowest BCUT2D eigenvalue weighted by molar-refractivity contribution is -0.144. The molecule has 2 aliphatic heterocycles. The molecular formula is C20H28N4O4. The Labute approximate surface area is 163 Å². The van der Waals surface area contributed by atoms with Crippen molar-refractivity contribution in [2.24, 2.45) is 5.92 Å². The molecule has 0 unspecified atom stereocenters. The number of anilines is 1. The lowest BCUT2D eigenvalue weighted by Crippen LogP contribution is -2.49. The van der Waals surface area contributed by atoms with Crippen LogP contribution in [-0.2, 0) is 21.4 Å². The van der Waals surface area contributed by atoms with Crippen LogP contribution < -0.4 is 10.5 Å². The number of morpholine rings is 1. The summed E-state index contributed by atoms with van der Waals surface area (Å²) in [5.74, 6) is 0.843. The molecule has 1 aromatic heterocycles. The predicted molar refractivity (Wildman–Crippen MR) is 102 cm³/mol. The number of ether oxygens (including phenoxy) is 1. The Kier molecular flexibility index (Phi) is 4.43. The first kappa shape index (κ1) is 18.1. The van der Waals surface area contributed by atoms with Crippen molar-refractivity contribution in [2.75, 3.05) is 44.3 Å². The number of piperidine rings is 1. The van der Waals surface area contributed by atoms with Crippen LogP contribution in [0.1, 0.15) is 43.4 Å². The summed E-state index contributed by atoms with van der Waals surface area (Å²) in [6.45, 7) is 4.21. The van der Waals surface area contributed by atoms with E-state index in [2.05, 4.69) is 9.88 Å². The molecule has 2 saturated heterocycles. The zero-order valence-electron chi connectivity index (χ0n) is 16.2. The van der Waals surface area contributed by atoms with Crippen molar-refractivity contribution in [2.45, 2.75) is 50.0 Å². The molecule has 2 aliphatic carbocycles. The van der Waals surface area contributed by atoms with Crippen LogP contribution in [0.4, 0.5) is 5.95 Å². The molecule has 1 spiro atoms. The molecule has 5 rings (SSSR count). The number of rotatable bonds is 2. The van der Waals surface area contributed by atoms with Crippen LogP contribution in [0.2, 0.25) is 0 Å². The molecular weight excluding hydrogens is 360 g/mol. The number of H-pyrrole nitrogens is 1. The molecule has 0 radical (unpaired) electrons. The van der Waals surface area contributed by atoms with Crippen LogP contribution >= 0.6 is 0 Å². The van der Waals surface area contributed by atoms with Gasteiger partial charge in [-0.2, -0.15) is 0 Å². The molecule has 1 amide bonds. The summed E-state index contributed by atoms with van der Waals surface area (Å²) < 4.78 is 5.41. The van der Waals surface area contributed by atoms with Crippen molar-refractivity contribution in [1.82, 2.24) is 14.9 Å². The van der Waals surface area contributed by atoms with Crippen LogP contribution in [0.5, 0.6) is 0 Å². The molecule has 3 fully saturated rings. The first-order chi connectivity index (χ1) is 13.6. The average molecular weight is 388 g/mol. The second-order valence-electron chi connectivity index (χ2n) is 8.74. The van der Waals surface area contributed by atoms with Gasteiger partial charge in [0.15, 0.2) is 0 Å². The third-order valence-corrected chi connectivity index (χ3v) is 7.16. The number of likely N-dealkylation sites (tertiary alicyclic amines) is 1. The molecule has 0 bridgehead atoms. The number of amides is 1. The van der Waals surface area contributed by atoms with E-state index in [9.17, 15) is 14.7 Å². The van der Waals surface area contributed by atoms with Gasteiger partial charge in [-0.15, -0.1) is 0 Å². The summed E-state index contributed by atoms with van der Waals surface area (Å²) in [6, 6.07) is 0. The van der Waals surface area contributed by atoms with E-state index in [0.717, 1.165) is 50.0 Å². The number of carbonyl (C=O) groups excluding carboxylic acids is 1. The van der Waals surface area contributed by atoms with Gasteiger partial charge in [-0.05, 0) is 38.5 Å². The number of aromatic amines is 1. The van der Waals surface area contributed by atoms with Crippen molar-refractivity contribution >= 4 is 11.9 Å². The topological polar surface area (TPSA) is 98.8 Å². The predicted octanol–water partition coefficient (Wildman–Crippen LogP) is 0.184. The second-order valence-corrected chi connectivity index (χ2v) is 8.74. The van der Waals surface area contributed by atoms with E-state index < -0.39 is 0 Å². The molecule has 8 nitrogen and oxygen atoms in total. The highest BCUT2D eigenvalue weighted by molar-refractivity contribution is 5.80. The molecule has 28 heavy (non-hydrogen) atoms. The third kappa shape index (κ3) is 2.93. The Morgan fingerprint density at radius 2 is 1.86 bits per heavy atom. The number of aliphatic hydroxyl groups excluding tert-OH is 1. The maximum Gasteiger partial charge on any atom is 0.255 e. The molecule has 1 aromatic rings. The van der Waals surface area contributed by atoms with Crippen molar-refractivity contribution < 1.29 is 14.6 Å². The smallest absolute Gasteiger partial charge is 0.255 e. The van der Waals surface area contributed by atoms with Crippen LogP contribution in [0.3, 0.4) is 0 Å². The first-order valence-electron chi connectivity index (χ1n) is 10.5. The van der Waals surface area contributed by atoms with E-state index in [1.807, 2.05) is 4.90 Å². The highest BCUT2D eigenvalue weighted by Crippen LogP contribution is 2.45. The van der Waals surface area contributed by atoms with Gasteiger partial charge in [-0.3, -0.25) is 14.6 Å². The molecule has 1 saturated carbocycles. The number of nitrogens with one attached hydrogen (secondary N) is 1. The van der Waals surface area contributed by atoms with E-state index in [4.69, 9.17) is 9.72 Å². The van der Waals surface area contributed by atoms with Crippen molar-refractivity contribution in [3.05, 3.63) is 21.6 Å². The largest absolute Gasteiger partial charge is 0.393 e. The van der Waals surface area contributed by atoms with Crippen molar-refractivity contribution in [3.63, 3.8) is 0 Å². The highest BCUT2D eigenvalue weighted by atomic mass is 16.5. The van der Waals surface area contributed by atoms with Gasteiger partial charge < -0.3 is 19.6 Å². The van der Waals surface area contributed by atoms with Gasteiger partial charge >= 0.3 is 0 Å². The monoisotopic (exact) mass is 388 g/mol. The Balaban J connectivity index is 1.35. The molecule has 3 heterocycles. The first-order valence-corrected chi connectivity index (χ1v) is 10.5. The number of aromatic nitrogens is 2. The Morgan fingerprint density at radius 1 is 1.14 bits per heavy atom. The van der Waals surface area contributed by atoms with Gasteiger partial charge in [0.05, 0.1) is 25.0 Å². The summed E-state index contributed by atoms with van der Waals surface area (Å²) in [7, 11) is 0. The highest BCUT2D eigenvalue weighted by Gasteiger charge is 2.46. The molecule has 4 aliphatic rings. The quantitative estimate of drug-likeness (QED) is 0.750. The number of nitrogens with zero attached hydrogens (tertiary/aromatic N) is 3. The summed E-state index contributed by atoms with van der Waals surface area (Å²) in [5.41, 5.74) is 1.70. The maximum atomic E-state index is 12.7. The second kappa shape index (κ2) is 6.84. The number of hydrogen-bond acceptors (Lipinski definition) is 6. The number of aliphatic hydroxyl groups is 1. The third-order valence-electron chi connectivity index (χ3n) is 7.16. The zero-order chi connectivity index (χ0) is 19.3. The molecule has 0 aromatic carbocycles. The SMILES string of the molecule is O=C(C1CC(O)C1)N1CCC2(CCc3c2nc(N2CCOCC2)[nH]c3=O)CC1. The van der Waals surface area contributed by atoms with Crippen molar-refractivity contribution in [3.8, 4) is 0 Å². The Bertz CT molecular complexity index is 818. The minimum absolute atomic E-state index is 0.00573. The fourth-order valence-electron chi connectivity index (χ4n) is 5.25. The zero-order valence-corrected chi connectivity index (χ0v) is 16.2. The molecule has 0 atom stereocenters. The molecule has 8 heteroatoms. The summed E-state index contributed by atoms with van der Waals surface area (Å²) in [4.78, 5) is 37.3. The summed E-state index contributed by atoms with van der Waals surface area (Å²) in [5, 5.41) is 9.48. The van der Waals surface area contributed by atoms with Crippen LogP contribution in [0.15, 0.2) is 4.79 Å². The van der Waals surface area contributed by atoms with Crippen LogP contribution in [0.25, 0.3) is 0 Å². The van der Waals surface area contributed by atoms with E-state index >= 15 is 0 Å². The summed E-state index contributed by atoms with van der Waals surface area (Å²) in [6.07, 6.45) is 4.33. The maximum absolute atomic E-state index is 12.7. The average Bonchev–Trinajstić information content (AvgIpc) is 3.05. The lowest BCUT2D eigenvalue weighted by atomic mass is 9.75. The van der Waals surface area contributed by atoms with Crippen molar-refractivity contribution in [1.29, 1.82) is 0 Å². The normalized spacial score (nSPS) is 28.9. The number of hydrogen-bond donors (Lipinski definition) is 2. The van der Waals surface area contributed by atoms with Gasteiger partial charge in [0.1, 0.15) is 0 Å². The number of carbonyl (C=O) groups is 1. The minimum Gasteiger partial charge on any atom is -0.393 e. The van der Waals surface area contributed by atoms with E-state index in [1.165, 1.54) is 0 Å². The van der Waals surface area contributed by atoms with Crippen LogP contribution in [-0.4, -0.2) is 71.4 Å². The van der Waals surface area contributed by atoms with E-state index in [0.29, 0.717) is 45.1 Å². The van der Waals surface area contributed by atoms with E-state index in [-0.39, 0.29) is 28.9 Å². The lowest BCUT2D eigenvalue weighted by Gasteiger charge is -2.42. The fourth-order valence-corrected chi connectivity index (χ4v) is 5.25. The van der Waals surface area contributed by atoms with Gasteiger partial charge in [-0.1, -0.05) is 0 Å². The standard InChI is InChI=1S/C20H28N4O4/c25-14-11-13(12-14)18(27)23-5-3-20(4-6-23)2-1-15-16(20)21-19(22-17(15)26)24-7-9-28-10-8-24/h13-14,25H,1-12H2,(H,21,22,26). The fraction of sp³-hybridized carbons (Fsp3) is 0.750.